The quantitative estimate of drug-likeness (QED) is 0.650. The fourth-order valence-electron chi connectivity index (χ4n) is 1.13. The maximum Gasteiger partial charge on any atom is 0.210 e. The number of aliphatic hydroxyl groups excluding tert-OH is 1. The van der Waals surface area contributed by atoms with Crippen LogP contribution in [0.15, 0.2) is 24.8 Å². The molecular weight excluding hydrogens is 170 g/mol. The van der Waals surface area contributed by atoms with Crippen LogP contribution in [0, 0.1) is 0 Å². The third-order valence-corrected chi connectivity index (χ3v) is 1.72. The van der Waals surface area contributed by atoms with Crippen LogP contribution < -0.4 is 0 Å². The second kappa shape index (κ2) is 2.95. The Kier molecular flexibility index (Phi) is 1.79. The Bertz CT molecular complexity index is 449. The van der Waals surface area contributed by atoms with Crippen LogP contribution in [0.25, 0.3) is 5.65 Å². The molecule has 2 aromatic heterocycles. The van der Waals surface area contributed by atoms with E-state index in [4.69, 9.17) is 5.11 Å². The van der Waals surface area contributed by atoms with Crippen molar-refractivity contribution in [1.82, 2.24) is 14.4 Å². The summed E-state index contributed by atoms with van der Waals surface area (Å²) < 4.78 is 1.68. The van der Waals surface area contributed by atoms with E-state index in [0.29, 0.717) is 5.65 Å². The van der Waals surface area contributed by atoms with Gasteiger partial charge in [0.2, 0.25) is 5.78 Å². The fourth-order valence-corrected chi connectivity index (χ4v) is 1.13. The number of carbonyl (C=O) groups excluding carboxylic acids is 1. The number of carbonyl (C=O) groups is 1. The minimum atomic E-state index is -0.542. The molecule has 0 saturated carbocycles. The van der Waals surface area contributed by atoms with E-state index in [0.717, 1.165) is 0 Å². The van der Waals surface area contributed by atoms with E-state index in [1.54, 1.807) is 23.0 Å². The molecule has 13 heavy (non-hydrogen) atoms. The molecule has 0 fully saturated rings. The minimum absolute atomic E-state index is 0.204. The highest BCUT2D eigenvalue weighted by atomic mass is 16.3. The summed E-state index contributed by atoms with van der Waals surface area (Å²) in [7, 11) is 0. The van der Waals surface area contributed by atoms with Gasteiger partial charge < -0.3 is 9.51 Å². The van der Waals surface area contributed by atoms with Crippen molar-refractivity contribution in [2.45, 2.75) is 0 Å². The summed E-state index contributed by atoms with van der Waals surface area (Å²) in [5, 5.41) is 8.66. The Labute approximate surface area is 73.7 Å². The van der Waals surface area contributed by atoms with E-state index in [2.05, 4.69) is 9.97 Å². The first-order chi connectivity index (χ1) is 6.33. The molecule has 2 heterocycles. The summed E-state index contributed by atoms with van der Waals surface area (Å²) in [5.74, 6) is -0.420. The molecule has 0 aromatic carbocycles. The zero-order valence-electron chi connectivity index (χ0n) is 6.71. The van der Waals surface area contributed by atoms with E-state index in [9.17, 15) is 4.79 Å². The van der Waals surface area contributed by atoms with Crippen LogP contribution in [0.1, 0.15) is 10.5 Å². The largest absolute Gasteiger partial charge is 0.388 e. The van der Waals surface area contributed by atoms with Gasteiger partial charge in [0, 0.05) is 24.8 Å². The molecule has 0 spiro atoms. The van der Waals surface area contributed by atoms with Crippen LogP contribution in [-0.4, -0.2) is 31.9 Å². The summed E-state index contributed by atoms with van der Waals surface area (Å²) in [4.78, 5) is 19.0. The van der Waals surface area contributed by atoms with Crippen molar-refractivity contribution >= 4 is 11.4 Å². The number of aromatic nitrogens is 3. The predicted octanol–water partition coefficient (Wildman–Crippen LogP) is -0.0957. The monoisotopic (exact) mass is 177 g/mol. The molecule has 0 atom stereocenters. The lowest BCUT2D eigenvalue weighted by molar-refractivity contribution is 0.0900. The first-order valence-electron chi connectivity index (χ1n) is 3.74. The van der Waals surface area contributed by atoms with Gasteiger partial charge in [0.05, 0.1) is 0 Å². The Morgan fingerprint density at radius 3 is 2.77 bits per heavy atom. The topological polar surface area (TPSA) is 67.5 Å². The molecule has 0 amide bonds. The lowest BCUT2D eigenvalue weighted by Gasteiger charge is -1.98. The molecule has 0 aliphatic heterocycles. The molecule has 1 N–H and O–H groups in total. The van der Waals surface area contributed by atoms with Crippen LogP contribution in [0.4, 0.5) is 0 Å². The summed E-state index contributed by atoms with van der Waals surface area (Å²) in [6.45, 7) is -0.542. The Morgan fingerprint density at radius 2 is 2.08 bits per heavy atom. The molecule has 0 aliphatic rings. The van der Waals surface area contributed by atoms with Crippen molar-refractivity contribution in [2.75, 3.05) is 6.61 Å². The summed E-state index contributed by atoms with van der Waals surface area (Å²) in [6, 6.07) is 0. The minimum Gasteiger partial charge on any atom is -0.388 e. The number of aliphatic hydroxyl groups is 1. The third kappa shape index (κ3) is 1.19. The molecule has 0 aliphatic carbocycles. The van der Waals surface area contributed by atoms with Gasteiger partial charge in [-0.25, -0.2) is 9.97 Å². The van der Waals surface area contributed by atoms with Crippen LogP contribution in [0.5, 0.6) is 0 Å². The molecule has 5 heteroatoms. The van der Waals surface area contributed by atoms with E-state index in [1.165, 1.54) is 6.20 Å². The highest BCUT2D eigenvalue weighted by Crippen LogP contribution is 2.05. The van der Waals surface area contributed by atoms with Gasteiger partial charge in [0.25, 0.3) is 0 Å². The summed E-state index contributed by atoms with van der Waals surface area (Å²) >= 11 is 0. The van der Waals surface area contributed by atoms with E-state index in [-0.39, 0.29) is 5.69 Å². The van der Waals surface area contributed by atoms with Crippen LogP contribution >= 0.6 is 0 Å². The number of rotatable bonds is 2. The first kappa shape index (κ1) is 7.88. The van der Waals surface area contributed by atoms with Crippen molar-refractivity contribution < 1.29 is 9.90 Å². The van der Waals surface area contributed by atoms with Gasteiger partial charge in [-0.1, -0.05) is 0 Å². The van der Waals surface area contributed by atoms with E-state index in [1.807, 2.05) is 0 Å². The first-order valence-corrected chi connectivity index (χ1v) is 3.74. The molecule has 66 valence electrons. The number of fused-ring (bicyclic) bond motifs is 1. The molecule has 5 nitrogen and oxygen atoms in total. The molecule has 0 bridgehead atoms. The average molecular weight is 177 g/mol. The molecular formula is C8H7N3O2. The van der Waals surface area contributed by atoms with E-state index < -0.39 is 12.4 Å². The number of ketones is 1. The third-order valence-electron chi connectivity index (χ3n) is 1.72. The standard InChI is InChI=1S/C8H7N3O2/c12-5-6(13)7-8-10-2-4-11(8)3-1-9-7/h1-4,12H,5H2. The van der Waals surface area contributed by atoms with Gasteiger partial charge >= 0.3 is 0 Å². The SMILES string of the molecule is O=C(CO)c1nccn2ccnc12. The summed E-state index contributed by atoms with van der Waals surface area (Å²) in [6.07, 6.45) is 6.48. The van der Waals surface area contributed by atoms with Crippen LogP contribution in [0.2, 0.25) is 0 Å². The number of nitrogens with zero attached hydrogens (tertiary/aromatic N) is 3. The summed E-state index contributed by atoms with van der Waals surface area (Å²) in [5.41, 5.74) is 0.677. The molecule has 0 saturated heterocycles. The van der Waals surface area contributed by atoms with Gasteiger partial charge in [0.1, 0.15) is 6.61 Å². The maximum absolute atomic E-state index is 11.2. The Balaban J connectivity index is 2.67. The average Bonchev–Trinajstić information content (AvgIpc) is 2.63. The molecule has 0 radical (unpaired) electrons. The number of hydrogen-bond acceptors (Lipinski definition) is 4. The van der Waals surface area contributed by atoms with Crippen LogP contribution in [0.3, 0.4) is 0 Å². The normalized spacial score (nSPS) is 10.5. The van der Waals surface area contributed by atoms with Gasteiger partial charge in [0.15, 0.2) is 11.3 Å². The number of imidazole rings is 1. The Morgan fingerprint density at radius 1 is 1.38 bits per heavy atom. The Hall–Kier alpha value is -1.75. The van der Waals surface area contributed by atoms with Crippen molar-refractivity contribution in [3.63, 3.8) is 0 Å². The van der Waals surface area contributed by atoms with Crippen LogP contribution in [-0.2, 0) is 0 Å². The van der Waals surface area contributed by atoms with Gasteiger partial charge in [-0.2, -0.15) is 0 Å². The molecule has 2 aromatic rings. The molecule has 2 rings (SSSR count). The lowest BCUT2D eigenvalue weighted by Crippen LogP contribution is -2.09. The zero-order valence-corrected chi connectivity index (χ0v) is 6.71. The maximum atomic E-state index is 11.2. The fraction of sp³-hybridized carbons (Fsp3) is 0.125. The van der Waals surface area contributed by atoms with Gasteiger partial charge in [-0.3, -0.25) is 4.79 Å². The van der Waals surface area contributed by atoms with Gasteiger partial charge in [-0.15, -0.1) is 0 Å². The highest BCUT2D eigenvalue weighted by molar-refractivity contribution is 6.00. The second-order valence-corrected chi connectivity index (χ2v) is 2.52. The second-order valence-electron chi connectivity index (χ2n) is 2.52. The predicted molar refractivity (Wildman–Crippen MR) is 44.4 cm³/mol. The smallest absolute Gasteiger partial charge is 0.210 e. The van der Waals surface area contributed by atoms with Crippen molar-refractivity contribution in [3.8, 4) is 0 Å². The van der Waals surface area contributed by atoms with Crippen molar-refractivity contribution in [2.24, 2.45) is 0 Å². The van der Waals surface area contributed by atoms with E-state index >= 15 is 0 Å². The van der Waals surface area contributed by atoms with Crippen molar-refractivity contribution in [3.05, 3.63) is 30.5 Å². The van der Waals surface area contributed by atoms with Crippen molar-refractivity contribution in [1.29, 1.82) is 0 Å². The number of Topliss-reactive ketones (excluding diaryl/α,β-unsaturated/α-hetero) is 1. The lowest BCUT2D eigenvalue weighted by atomic mass is 10.3. The zero-order chi connectivity index (χ0) is 9.26. The highest BCUT2D eigenvalue weighted by Gasteiger charge is 2.11. The molecule has 0 unspecified atom stereocenters. The van der Waals surface area contributed by atoms with Gasteiger partial charge in [-0.05, 0) is 0 Å². The number of hydrogen-bond donors (Lipinski definition) is 1.